The molecule has 3 rings (SSSR count). The first kappa shape index (κ1) is 24.1. The maximum absolute atomic E-state index is 13.4. The Morgan fingerprint density at radius 2 is 1.52 bits per heavy atom. The standard InChI is InChI=1S/C28H32N2O3/c1-3-10-26(31)30(21-23-15-17-25(33-2)18-16-23)27(24-13-8-5-9-14-24)28(32)29-20-19-22-11-6-4-7-12-22/h4-9,11-18,27H,3,10,19-21H2,1-2H3,(H,29,32)/t27-/m1/s1. The zero-order chi connectivity index (χ0) is 23.5. The molecule has 1 N–H and O–H groups in total. The van der Waals surface area contributed by atoms with Gasteiger partial charge in [-0.1, -0.05) is 79.7 Å². The van der Waals surface area contributed by atoms with E-state index >= 15 is 0 Å². The van der Waals surface area contributed by atoms with E-state index in [-0.39, 0.29) is 11.8 Å². The average molecular weight is 445 g/mol. The van der Waals surface area contributed by atoms with E-state index in [2.05, 4.69) is 5.32 Å². The van der Waals surface area contributed by atoms with Gasteiger partial charge in [0.1, 0.15) is 11.8 Å². The molecular formula is C28H32N2O3. The lowest BCUT2D eigenvalue weighted by atomic mass is 10.0. The quantitative estimate of drug-likeness (QED) is 0.456. The minimum absolute atomic E-state index is 0.0413. The van der Waals surface area contributed by atoms with Gasteiger partial charge in [0.2, 0.25) is 11.8 Å². The van der Waals surface area contributed by atoms with Crippen molar-refractivity contribution in [3.63, 3.8) is 0 Å². The predicted molar refractivity (Wildman–Crippen MR) is 131 cm³/mol. The van der Waals surface area contributed by atoms with Crippen LogP contribution in [0, 0.1) is 0 Å². The first-order chi connectivity index (χ1) is 16.1. The zero-order valence-electron chi connectivity index (χ0n) is 19.4. The smallest absolute Gasteiger partial charge is 0.247 e. The van der Waals surface area contributed by atoms with Gasteiger partial charge in [-0.05, 0) is 41.7 Å². The maximum Gasteiger partial charge on any atom is 0.247 e. The van der Waals surface area contributed by atoms with Crippen LogP contribution in [0.1, 0.15) is 42.5 Å². The Morgan fingerprint density at radius 1 is 0.879 bits per heavy atom. The molecular weight excluding hydrogens is 412 g/mol. The van der Waals surface area contributed by atoms with Crippen LogP contribution in [0.15, 0.2) is 84.9 Å². The van der Waals surface area contributed by atoms with Gasteiger partial charge in [-0.25, -0.2) is 0 Å². The van der Waals surface area contributed by atoms with Gasteiger partial charge in [0.25, 0.3) is 0 Å². The number of methoxy groups -OCH3 is 1. The molecule has 5 heteroatoms. The summed E-state index contributed by atoms with van der Waals surface area (Å²) in [7, 11) is 1.62. The lowest BCUT2D eigenvalue weighted by Crippen LogP contribution is -2.43. The van der Waals surface area contributed by atoms with Gasteiger partial charge < -0.3 is 15.0 Å². The van der Waals surface area contributed by atoms with Crippen LogP contribution in [0.2, 0.25) is 0 Å². The second-order valence-corrected chi connectivity index (χ2v) is 7.96. The molecule has 0 aliphatic rings. The monoisotopic (exact) mass is 444 g/mol. The number of benzene rings is 3. The molecule has 0 heterocycles. The molecule has 3 aromatic carbocycles. The summed E-state index contributed by atoms with van der Waals surface area (Å²) in [6.45, 7) is 2.82. The minimum Gasteiger partial charge on any atom is -0.497 e. The highest BCUT2D eigenvalue weighted by molar-refractivity contribution is 5.88. The minimum atomic E-state index is -0.705. The first-order valence-electron chi connectivity index (χ1n) is 11.4. The number of nitrogens with one attached hydrogen (secondary N) is 1. The highest BCUT2D eigenvalue weighted by Gasteiger charge is 2.30. The van der Waals surface area contributed by atoms with Crippen LogP contribution in [0.3, 0.4) is 0 Å². The van der Waals surface area contributed by atoms with Gasteiger partial charge in [0.15, 0.2) is 0 Å². The molecule has 0 fully saturated rings. The van der Waals surface area contributed by atoms with Crippen LogP contribution in [0.5, 0.6) is 5.75 Å². The molecule has 3 aromatic rings. The fraction of sp³-hybridized carbons (Fsp3) is 0.286. The molecule has 0 aliphatic heterocycles. The molecule has 0 aliphatic carbocycles. The zero-order valence-corrected chi connectivity index (χ0v) is 19.4. The highest BCUT2D eigenvalue weighted by atomic mass is 16.5. The first-order valence-corrected chi connectivity index (χ1v) is 11.4. The Balaban J connectivity index is 1.84. The van der Waals surface area contributed by atoms with Gasteiger partial charge in [0, 0.05) is 19.5 Å². The van der Waals surface area contributed by atoms with Gasteiger partial charge >= 0.3 is 0 Å². The van der Waals surface area contributed by atoms with Crippen LogP contribution >= 0.6 is 0 Å². The summed E-state index contributed by atoms with van der Waals surface area (Å²) in [5, 5.41) is 3.06. The average Bonchev–Trinajstić information content (AvgIpc) is 2.85. The van der Waals surface area contributed by atoms with E-state index in [1.54, 1.807) is 12.0 Å². The fourth-order valence-corrected chi connectivity index (χ4v) is 3.79. The normalized spacial score (nSPS) is 11.5. The third-order valence-electron chi connectivity index (χ3n) is 5.53. The van der Waals surface area contributed by atoms with E-state index in [4.69, 9.17) is 4.74 Å². The molecule has 0 saturated carbocycles. The van der Waals surface area contributed by atoms with Gasteiger partial charge in [-0.2, -0.15) is 0 Å². The molecule has 0 spiro atoms. The number of hydrogen-bond acceptors (Lipinski definition) is 3. The third-order valence-corrected chi connectivity index (χ3v) is 5.53. The second-order valence-electron chi connectivity index (χ2n) is 7.96. The number of carbonyl (C=O) groups excluding carboxylic acids is 2. The SMILES string of the molecule is CCCC(=O)N(Cc1ccc(OC)cc1)[C@@H](C(=O)NCCc1ccccc1)c1ccccc1. The Bertz CT molecular complexity index is 1000. The number of amides is 2. The second kappa shape index (κ2) is 12.4. The fourth-order valence-electron chi connectivity index (χ4n) is 3.79. The molecule has 0 bridgehead atoms. The van der Waals surface area contributed by atoms with Crippen molar-refractivity contribution in [1.82, 2.24) is 10.2 Å². The maximum atomic E-state index is 13.4. The van der Waals surface area contributed by atoms with E-state index in [1.807, 2.05) is 91.9 Å². The Morgan fingerprint density at radius 3 is 2.12 bits per heavy atom. The summed E-state index contributed by atoms with van der Waals surface area (Å²) >= 11 is 0. The summed E-state index contributed by atoms with van der Waals surface area (Å²) < 4.78 is 5.25. The molecule has 33 heavy (non-hydrogen) atoms. The highest BCUT2D eigenvalue weighted by Crippen LogP contribution is 2.25. The lowest BCUT2D eigenvalue weighted by molar-refractivity contribution is -0.141. The van der Waals surface area contributed by atoms with Crippen LogP contribution in [-0.4, -0.2) is 30.4 Å². The van der Waals surface area contributed by atoms with Crippen molar-refractivity contribution >= 4 is 11.8 Å². The van der Waals surface area contributed by atoms with E-state index in [0.29, 0.717) is 19.5 Å². The van der Waals surface area contributed by atoms with Crippen molar-refractivity contribution in [2.24, 2.45) is 0 Å². The van der Waals surface area contributed by atoms with Gasteiger partial charge in [0.05, 0.1) is 7.11 Å². The van der Waals surface area contributed by atoms with E-state index in [9.17, 15) is 9.59 Å². The van der Waals surface area contributed by atoms with Crippen molar-refractivity contribution < 1.29 is 14.3 Å². The largest absolute Gasteiger partial charge is 0.497 e. The molecule has 0 saturated heterocycles. The van der Waals surface area contributed by atoms with Crippen molar-refractivity contribution in [3.05, 3.63) is 102 Å². The molecule has 0 radical (unpaired) electrons. The van der Waals surface area contributed by atoms with Crippen molar-refractivity contribution in [1.29, 1.82) is 0 Å². The number of carbonyl (C=O) groups is 2. The number of rotatable bonds is 11. The van der Waals surface area contributed by atoms with Crippen molar-refractivity contribution in [3.8, 4) is 5.75 Å². The summed E-state index contributed by atoms with van der Waals surface area (Å²) in [5.41, 5.74) is 2.90. The number of hydrogen-bond donors (Lipinski definition) is 1. The Kier molecular flexibility index (Phi) is 9.07. The predicted octanol–water partition coefficient (Wildman–Crippen LogP) is 4.92. The van der Waals surface area contributed by atoms with Crippen LogP contribution in [0.25, 0.3) is 0 Å². The number of ether oxygens (including phenoxy) is 1. The molecule has 2 amide bonds. The Labute approximate surface area is 196 Å². The van der Waals surface area contributed by atoms with Crippen LogP contribution < -0.4 is 10.1 Å². The van der Waals surface area contributed by atoms with E-state index in [1.165, 1.54) is 0 Å². The third kappa shape index (κ3) is 6.94. The van der Waals surface area contributed by atoms with Crippen molar-refractivity contribution in [2.75, 3.05) is 13.7 Å². The van der Waals surface area contributed by atoms with Gasteiger partial charge in [-0.15, -0.1) is 0 Å². The summed E-state index contributed by atoms with van der Waals surface area (Å²) in [4.78, 5) is 28.3. The number of nitrogens with zero attached hydrogens (tertiary/aromatic N) is 1. The van der Waals surface area contributed by atoms with Crippen molar-refractivity contribution in [2.45, 2.75) is 38.8 Å². The lowest BCUT2D eigenvalue weighted by Gasteiger charge is -2.31. The molecule has 5 nitrogen and oxygen atoms in total. The summed E-state index contributed by atoms with van der Waals surface area (Å²) in [6, 6.07) is 26.5. The Hall–Kier alpha value is -3.60. The van der Waals surface area contributed by atoms with Gasteiger partial charge in [-0.3, -0.25) is 9.59 Å². The van der Waals surface area contributed by atoms with Crippen LogP contribution in [0.4, 0.5) is 0 Å². The van der Waals surface area contributed by atoms with E-state index < -0.39 is 6.04 Å². The van der Waals surface area contributed by atoms with Crippen LogP contribution in [-0.2, 0) is 22.6 Å². The molecule has 172 valence electrons. The topological polar surface area (TPSA) is 58.6 Å². The molecule has 0 unspecified atom stereocenters. The summed E-state index contributed by atoms with van der Waals surface area (Å²) in [5.74, 6) is 0.541. The summed E-state index contributed by atoms with van der Waals surface area (Å²) in [6.07, 6.45) is 1.83. The molecule has 0 aromatic heterocycles. The molecule has 1 atom stereocenters. The van der Waals surface area contributed by atoms with E-state index in [0.717, 1.165) is 35.3 Å².